The van der Waals surface area contributed by atoms with E-state index in [0.29, 0.717) is 35.8 Å². The van der Waals surface area contributed by atoms with Gasteiger partial charge in [0.15, 0.2) is 0 Å². The van der Waals surface area contributed by atoms with Crippen molar-refractivity contribution < 1.29 is 27.4 Å². The van der Waals surface area contributed by atoms with Gasteiger partial charge in [-0.25, -0.2) is 4.98 Å². The Labute approximate surface area is 188 Å². The quantitative estimate of drug-likeness (QED) is 0.605. The van der Waals surface area contributed by atoms with Crippen LogP contribution in [0.15, 0.2) is 36.5 Å². The monoisotopic (exact) mass is 462 g/mol. The van der Waals surface area contributed by atoms with E-state index in [1.165, 1.54) is 6.20 Å². The van der Waals surface area contributed by atoms with Gasteiger partial charge in [-0.2, -0.15) is 13.2 Å². The molecule has 1 saturated heterocycles. The second-order valence-corrected chi connectivity index (χ2v) is 8.38. The summed E-state index contributed by atoms with van der Waals surface area (Å²) in [5, 5.41) is 3.90. The SMILES string of the molecule is COc1ccc2c(c1)OCC(N1CCOC(C)C1)C2Nc1ccnc2[nH]c(C(F)(F)F)cc12. The Morgan fingerprint density at radius 2 is 2.09 bits per heavy atom. The lowest BCUT2D eigenvalue weighted by Crippen LogP contribution is -2.54. The molecule has 2 aliphatic rings. The van der Waals surface area contributed by atoms with E-state index >= 15 is 0 Å². The van der Waals surface area contributed by atoms with Crippen molar-refractivity contribution in [3.63, 3.8) is 0 Å². The molecule has 33 heavy (non-hydrogen) atoms. The number of hydrogen-bond donors (Lipinski definition) is 2. The smallest absolute Gasteiger partial charge is 0.431 e. The molecule has 1 fully saturated rings. The number of pyridine rings is 1. The van der Waals surface area contributed by atoms with Crippen molar-refractivity contribution in [1.29, 1.82) is 0 Å². The highest BCUT2D eigenvalue weighted by atomic mass is 19.4. The van der Waals surface area contributed by atoms with Crippen LogP contribution in [-0.4, -0.2) is 60.4 Å². The average Bonchev–Trinajstić information content (AvgIpc) is 3.25. The van der Waals surface area contributed by atoms with Crippen LogP contribution >= 0.6 is 0 Å². The number of rotatable bonds is 4. The molecule has 7 nitrogen and oxygen atoms in total. The molecule has 5 rings (SSSR count). The highest BCUT2D eigenvalue weighted by Gasteiger charge is 2.38. The Balaban J connectivity index is 1.55. The number of aromatic nitrogens is 2. The molecule has 3 unspecified atom stereocenters. The zero-order valence-corrected chi connectivity index (χ0v) is 18.3. The van der Waals surface area contributed by atoms with Crippen molar-refractivity contribution in [3.05, 3.63) is 47.8 Å². The van der Waals surface area contributed by atoms with E-state index < -0.39 is 11.9 Å². The van der Waals surface area contributed by atoms with Gasteiger partial charge < -0.3 is 24.5 Å². The molecule has 0 amide bonds. The first kappa shape index (κ1) is 21.8. The summed E-state index contributed by atoms with van der Waals surface area (Å²) in [7, 11) is 1.59. The molecule has 2 N–H and O–H groups in total. The Kier molecular flexibility index (Phi) is 5.57. The van der Waals surface area contributed by atoms with Crippen LogP contribution in [0.1, 0.15) is 24.2 Å². The Morgan fingerprint density at radius 3 is 2.85 bits per heavy atom. The second kappa shape index (κ2) is 8.42. The summed E-state index contributed by atoms with van der Waals surface area (Å²) in [5.41, 5.74) is 0.857. The minimum atomic E-state index is -4.48. The first-order valence-electron chi connectivity index (χ1n) is 10.8. The number of H-pyrrole nitrogens is 1. The first-order chi connectivity index (χ1) is 15.8. The molecule has 2 aromatic heterocycles. The topological polar surface area (TPSA) is 71.6 Å². The van der Waals surface area contributed by atoms with Crippen molar-refractivity contribution in [2.24, 2.45) is 0 Å². The number of fused-ring (bicyclic) bond motifs is 2. The van der Waals surface area contributed by atoms with Gasteiger partial charge in [-0.05, 0) is 31.2 Å². The molecule has 3 atom stereocenters. The van der Waals surface area contributed by atoms with Crippen LogP contribution < -0.4 is 14.8 Å². The minimum Gasteiger partial charge on any atom is -0.497 e. The number of alkyl halides is 3. The average molecular weight is 462 g/mol. The van der Waals surface area contributed by atoms with Crippen LogP contribution in [0.25, 0.3) is 11.0 Å². The third-order valence-corrected chi connectivity index (χ3v) is 6.24. The number of aromatic amines is 1. The fourth-order valence-electron chi connectivity index (χ4n) is 4.61. The summed E-state index contributed by atoms with van der Waals surface area (Å²) in [6.07, 6.45) is -2.89. The number of methoxy groups -OCH3 is 1. The molecule has 0 spiro atoms. The number of ether oxygens (including phenoxy) is 3. The number of benzene rings is 1. The maximum Gasteiger partial charge on any atom is 0.431 e. The van der Waals surface area contributed by atoms with E-state index in [1.54, 1.807) is 13.2 Å². The Bertz CT molecular complexity index is 1150. The molecule has 176 valence electrons. The lowest BCUT2D eigenvalue weighted by molar-refractivity contribution is -0.140. The summed E-state index contributed by atoms with van der Waals surface area (Å²) in [5.74, 6) is 1.37. The molecule has 0 saturated carbocycles. The van der Waals surface area contributed by atoms with E-state index in [4.69, 9.17) is 14.2 Å². The fraction of sp³-hybridized carbons (Fsp3) is 0.435. The molecule has 4 heterocycles. The molecule has 1 aromatic carbocycles. The van der Waals surface area contributed by atoms with Gasteiger partial charge in [0.25, 0.3) is 0 Å². The first-order valence-corrected chi connectivity index (χ1v) is 10.8. The van der Waals surface area contributed by atoms with Crippen LogP contribution in [0, 0.1) is 0 Å². The standard InChI is InChI=1S/C23H25F3N4O3/c1-13-11-30(7-8-32-13)18-12-33-19-9-14(31-2)3-4-15(19)21(18)28-17-5-6-27-22-16(17)10-20(29-22)23(24,25)26/h3-6,9-10,13,18,21H,7-8,11-12H2,1-2H3,(H2,27,28,29). The van der Waals surface area contributed by atoms with Crippen LogP contribution in [0.4, 0.5) is 18.9 Å². The van der Waals surface area contributed by atoms with Crippen LogP contribution in [0.5, 0.6) is 11.5 Å². The van der Waals surface area contributed by atoms with Crippen LogP contribution in [0.2, 0.25) is 0 Å². The third-order valence-electron chi connectivity index (χ3n) is 6.24. The minimum absolute atomic E-state index is 0.0403. The molecule has 0 radical (unpaired) electrons. The summed E-state index contributed by atoms with van der Waals surface area (Å²) in [6, 6.07) is 8.18. The lowest BCUT2D eigenvalue weighted by atomic mass is 9.93. The number of morpholine rings is 1. The molecule has 10 heteroatoms. The normalized spacial score (nSPS) is 23.7. The highest BCUT2D eigenvalue weighted by molar-refractivity contribution is 5.90. The molecule has 0 bridgehead atoms. The Hall–Kier alpha value is -2.98. The van der Waals surface area contributed by atoms with Gasteiger partial charge in [0.2, 0.25) is 0 Å². The number of nitrogens with one attached hydrogen (secondary N) is 2. The van der Waals surface area contributed by atoms with Gasteiger partial charge in [0, 0.05) is 42.0 Å². The van der Waals surface area contributed by atoms with Crippen molar-refractivity contribution in [1.82, 2.24) is 14.9 Å². The summed E-state index contributed by atoms with van der Waals surface area (Å²) in [6.45, 7) is 4.57. The van der Waals surface area contributed by atoms with Gasteiger partial charge in [0.05, 0.1) is 31.9 Å². The van der Waals surface area contributed by atoms with Crippen molar-refractivity contribution >= 4 is 16.7 Å². The maximum atomic E-state index is 13.3. The van der Waals surface area contributed by atoms with Gasteiger partial charge in [-0.15, -0.1) is 0 Å². The predicted octanol–water partition coefficient (Wildman–Crippen LogP) is 4.23. The maximum absolute atomic E-state index is 13.3. The Morgan fingerprint density at radius 1 is 1.24 bits per heavy atom. The fourth-order valence-corrected chi connectivity index (χ4v) is 4.61. The zero-order valence-electron chi connectivity index (χ0n) is 18.3. The van der Waals surface area contributed by atoms with E-state index in [2.05, 4.69) is 20.2 Å². The predicted molar refractivity (Wildman–Crippen MR) is 117 cm³/mol. The van der Waals surface area contributed by atoms with Gasteiger partial charge in [-0.1, -0.05) is 0 Å². The van der Waals surface area contributed by atoms with Crippen molar-refractivity contribution in [2.75, 3.05) is 38.7 Å². The van der Waals surface area contributed by atoms with Gasteiger partial charge in [-0.3, -0.25) is 4.90 Å². The van der Waals surface area contributed by atoms with Crippen LogP contribution in [-0.2, 0) is 10.9 Å². The largest absolute Gasteiger partial charge is 0.497 e. The number of anilines is 1. The van der Waals surface area contributed by atoms with E-state index in [9.17, 15) is 13.2 Å². The van der Waals surface area contributed by atoms with Crippen molar-refractivity contribution in [3.8, 4) is 11.5 Å². The number of halogens is 3. The molecular formula is C23H25F3N4O3. The second-order valence-electron chi connectivity index (χ2n) is 8.38. The summed E-state index contributed by atoms with van der Waals surface area (Å²) < 4.78 is 57.0. The molecule has 0 aliphatic carbocycles. The van der Waals surface area contributed by atoms with E-state index in [0.717, 1.165) is 24.7 Å². The number of hydrogen-bond acceptors (Lipinski definition) is 6. The molecule has 2 aliphatic heterocycles. The zero-order chi connectivity index (χ0) is 23.2. The lowest BCUT2D eigenvalue weighted by Gasteiger charge is -2.44. The summed E-state index contributed by atoms with van der Waals surface area (Å²) >= 11 is 0. The molecule has 3 aromatic rings. The van der Waals surface area contributed by atoms with Gasteiger partial charge >= 0.3 is 6.18 Å². The highest BCUT2D eigenvalue weighted by Crippen LogP contribution is 2.41. The van der Waals surface area contributed by atoms with E-state index in [-0.39, 0.29) is 23.8 Å². The van der Waals surface area contributed by atoms with Gasteiger partial charge in [0.1, 0.15) is 29.4 Å². The van der Waals surface area contributed by atoms with E-state index in [1.807, 2.05) is 25.1 Å². The third kappa shape index (κ3) is 4.20. The summed E-state index contributed by atoms with van der Waals surface area (Å²) in [4.78, 5) is 8.79. The van der Waals surface area contributed by atoms with Crippen LogP contribution in [0.3, 0.4) is 0 Å². The molecular weight excluding hydrogens is 437 g/mol. The van der Waals surface area contributed by atoms with Crippen molar-refractivity contribution in [2.45, 2.75) is 31.3 Å². The number of nitrogens with zero attached hydrogens (tertiary/aromatic N) is 2.